The molecule has 0 saturated carbocycles. The number of rotatable bonds is 12. The summed E-state index contributed by atoms with van der Waals surface area (Å²) in [5.41, 5.74) is -14.2. The van der Waals surface area contributed by atoms with Crippen LogP contribution in [-0.4, -0.2) is 33.7 Å². The van der Waals surface area contributed by atoms with E-state index < -0.39 is 31.0 Å². The SMILES string of the molecule is CCCCCC(P)(CCCC)CCCC.O=P(O)(C(F)(F)C(F)(F)F)C(F)(F)C(F)(F)F. The summed E-state index contributed by atoms with van der Waals surface area (Å²) in [5, 5.41) is 0.571. The molecule has 2 nitrogen and oxygen atoms in total. The van der Waals surface area contributed by atoms with Crippen LogP contribution in [0.15, 0.2) is 0 Å². The van der Waals surface area contributed by atoms with Crippen molar-refractivity contribution in [3.05, 3.63) is 0 Å². The van der Waals surface area contributed by atoms with E-state index in [0.717, 1.165) is 0 Å². The third kappa shape index (κ3) is 9.28. The first-order valence-electron chi connectivity index (χ1n) is 10.2. The van der Waals surface area contributed by atoms with E-state index in [0.29, 0.717) is 5.16 Å². The van der Waals surface area contributed by atoms with E-state index in [4.69, 9.17) is 4.89 Å². The Morgan fingerprint density at radius 1 is 0.625 bits per heavy atom. The van der Waals surface area contributed by atoms with Gasteiger partial charge in [0.25, 0.3) is 0 Å². The van der Waals surface area contributed by atoms with Gasteiger partial charge in [0.15, 0.2) is 0 Å². The molecule has 0 fully saturated rings. The summed E-state index contributed by atoms with van der Waals surface area (Å²) in [6.07, 6.45) is -0.117. The first-order valence-corrected chi connectivity index (χ1v) is 12.4. The molecule has 0 bridgehead atoms. The maximum atomic E-state index is 12.1. The van der Waals surface area contributed by atoms with Crippen LogP contribution >= 0.6 is 16.6 Å². The Bertz CT molecular complexity index is 539. The minimum Gasteiger partial charge on any atom is -0.336 e. The van der Waals surface area contributed by atoms with Gasteiger partial charge in [0, 0.05) is 0 Å². The molecule has 32 heavy (non-hydrogen) atoms. The zero-order valence-electron chi connectivity index (χ0n) is 18.2. The van der Waals surface area contributed by atoms with E-state index in [-0.39, 0.29) is 0 Å². The van der Waals surface area contributed by atoms with Crippen LogP contribution < -0.4 is 0 Å². The second-order valence-corrected chi connectivity index (χ2v) is 11.2. The van der Waals surface area contributed by atoms with Crippen LogP contribution in [0, 0.1) is 0 Å². The van der Waals surface area contributed by atoms with Gasteiger partial charge in [0.05, 0.1) is 0 Å². The lowest BCUT2D eigenvalue weighted by molar-refractivity contribution is -0.270. The van der Waals surface area contributed by atoms with Crippen molar-refractivity contribution in [2.75, 3.05) is 0 Å². The molecule has 196 valence electrons. The molecular weight excluding hydrogens is 500 g/mol. The predicted molar refractivity (Wildman–Crippen MR) is 107 cm³/mol. The van der Waals surface area contributed by atoms with E-state index in [9.17, 15) is 48.5 Å². The smallest absolute Gasteiger partial charge is 0.336 e. The van der Waals surface area contributed by atoms with Gasteiger partial charge in [0.2, 0.25) is 0 Å². The number of alkyl halides is 10. The van der Waals surface area contributed by atoms with E-state index in [1.807, 2.05) is 0 Å². The third-order valence-electron chi connectivity index (χ3n) is 4.78. The molecule has 0 aromatic carbocycles. The van der Waals surface area contributed by atoms with Gasteiger partial charge in [-0.15, -0.1) is 9.24 Å². The Kier molecular flexibility index (Phi) is 14.0. The fourth-order valence-corrected chi connectivity index (χ4v) is 4.33. The maximum absolute atomic E-state index is 12.1. The molecule has 0 radical (unpaired) electrons. The maximum Gasteiger partial charge on any atom is 0.463 e. The van der Waals surface area contributed by atoms with Crippen molar-refractivity contribution < 1.29 is 53.4 Å². The van der Waals surface area contributed by atoms with Gasteiger partial charge in [-0.05, 0) is 24.4 Å². The highest BCUT2D eigenvalue weighted by atomic mass is 31.2. The van der Waals surface area contributed by atoms with E-state index in [1.165, 1.54) is 64.2 Å². The van der Waals surface area contributed by atoms with Crippen molar-refractivity contribution in [2.45, 2.75) is 114 Å². The molecule has 0 aliphatic rings. The van der Waals surface area contributed by atoms with Crippen LogP contribution in [0.2, 0.25) is 0 Å². The van der Waals surface area contributed by atoms with Crippen LogP contribution in [0.5, 0.6) is 0 Å². The average molecular weight is 532 g/mol. The molecular formula is C18H32F10O2P2. The van der Waals surface area contributed by atoms with Crippen LogP contribution in [0.3, 0.4) is 0 Å². The van der Waals surface area contributed by atoms with Crippen molar-refractivity contribution in [1.29, 1.82) is 0 Å². The summed E-state index contributed by atoms with van der Waals surface area (Å²) in [7, 11) is -5.07. The summed E-state index contributed by atoms with van der Waals surface area (Å²) >= 11 is 0. The second kappa shape index (κ2) is 13.1. The topological polar surface area (TPSA) is 37.3 Å². The first kappa shape index (κ1) is 34.1. The lowest BCUT2D eigenvalue weighted by atomic mass is 9.89. The fourth-order valence-electron chi connectivity index (χ4n) is 2.68. The van der Waals surface area contributed by atoms with Crippen LogP contribution in [0.1, 0.15) is 85.0 Å². The van der Waals surface area contributed by atoms with Crippen molar-refractivity contribution in [3.8, 4) is 0 Å². The standard InChI is InChI=1S/C14H31P.C4HF10O2P/c1-4-7-10-13-14(15,11-8-5-2)12-9-6-3;5-1(6,7)3(11,12)17(15,16)4(13,14)2(8,9)10/h4-13,15H2,1-3H3;(H,15,16). The van der Waals surface area contributed by atoms with Gasteiger partial charge in [-0.1, -0.05) is 65.7 Å². The Hall–Kier alpha value is -0.0800. The predicted octanol–water partition coefficient (Wildman–Crippen LogP) is 9.13. The number of hydrogen-bond acceptors (Lipinski definition) is 1. The molecule has 0 aliphatic heterocycles. The highest BCUT2D eigenvalue weighted by Crippen LogP contribution is 2.74. The Morgan fingerprint density at radius 3 is 1.16 bits per heavy atom. The third-order valence-corrected chi connectivity index (χ3v) is 7.67. The Balaban J connectivity index is 0. The quantitative estimate of drug-likeness (QED) is 0.155. The summed E-state index contributed by atoms with van der Waals surface area (Å²) in [6, 6.07) is 0. The lowest BCUT2D eigenvalue weighted by Crippen LogP contribution is -2.47. The summed E-state index contributed by atoms with van der Waals surface area (Å²) in [4.78, 5) is 7.86. The first-order chi connectivity index (χ1) is 14.2. The monoisotopic (exact) mass is 532 g/mol. The van der Waals surface area contributed by atoms with Crippen LogP contribution in [0.25, 0.3) is 0 Å². The molecule has 0 aromatic heterocycles. The summed E-state index contributed by atoms with van der Waals surface area (Å²) in [5.74, 6) is 0. The highest BCUT2D eigenvalue weighted by molar-refractivity contribution is 7.60. The molecule has 1 atom stereocenters. The molecule has 0 heterocycles. The van der Waals surface area contributed by atoms with Gasteiger partial charge in [-0.25, -0.2) is 0 Å². The zero-order valence-corrected chi connectivity index (χ0v) is 20.3. The summed E-state index contributed by atoms with van der Waals surface area (Å²) < 4.78 is 127. The number of unbranched alkanes of at least 4 members (excludes halogenated alkanes) is 4. The molecule has 1 unspecified atom stereocenters. The second-order valence-electron chi connectivity index (χ2n) is 7.68. The molecule has 0 saturated heterocycles. The highest BCUT2D eigenvalue weighted by Gasteiger charge is 2.83. The number of hydrogen-bond donors (Lipinski definition) is 1. The van der Waals surface area contributed by atoms with Crippen molar-refractivity contribution in [1.82, 2.24) is 0 Å². The van der Waals surface area contributed by atoms with Crippen LogP contribution in [0.4, 0.5) is 43.9 Å². The van der Waals surface area contributed by atoms with E-state index >= 15 is 0 Å². The largest absolute Gasteiger partial charge is 0.463 e. The Morgan fingerprint density at radius 2 is 0.906 bits per heavy atom. The van der Waals surface area contributed by atoms with Crippen molar-refractivity contribution in [2.24, 2.45) is 0 Å². The Labute approximate surface area is 184 Å². The molecule has 0 aliphatic carbocycles. The van der Waals surface area contributed by atoms with Gasteiger partial charge >= 0.3 is 31.0 Å². The molecule has 0 rings (SSSR count). The fraction of sp³-hybridized carbons (Fsp3) is 1.00. The van der Waals surface area contributed by atoms with Gasteiger partial charge in [-0.2, -0.15) is 43.9 Å². The normalized spacial score (nSPS) is 14.2. The van der Waals surface area contributed by atoms with Crippen LogP contribution in [-0.2, 0) is 4.57 Å². The van der Waals surface area contributed by atoms with Gasteiger partial charge in [-0.3, -0.25) is 4.57 Å². The van der Waals surface area contributed by atoms with Gasteiger partial charge < -0.3 is 4.89 Å². The lowest BCUT2D eigenvalue weighted by Gasteiger charge is -2.30. The number of halogens is 10. The van der Waals surface area contributed by atoms with E-state index in [2.05, 4.69) is 30.0 Å². The molecule has 0 amide bonds. The van der Waals surface area contributed by atoms with E-state index in [1.54, 1.807) is 0 Å². The molecule has 1 N–H and O–H groups in total. The van der Waals surface area contributed by atoms with Gasteiger partial charge in [0.1, 0.15) is 0 Å². The van der Waals surface area contributed by atoms with Crippen molar-refractivity contribution in [3.63, 3.8) is 0 Å². The summed E-state index contributed by atoms with van der Waals surface area (Å²) in [6.45, 7) is 6.90. The minimum absolute atomic E-state index is 0.571. The molecule has 0 spiro atoms. The van der Waals surface area contributed by atoms with Crippen molar-refractivity contribution >= 4 is 16.6 Å². The average Bonchev–Trinajstić information content (AvgIpc) is 2.63. The molecule has 0 aromatic rings. The molecule has 14 heteroatoms. The minimum atomic E-state index is -8.26. The zero-order chi connectivity index (χ0) is 26.1.